The van der Waals surface area contributed by atoms with E-state index in [2.05, 4.69) is 10.6 Å². The fourth-order valence-corrected chi connectivity index (χ4v) is 1.61. The van der Waals surface area contributed by atoms with Crippen molar-refractivity contribution in [3.05, 3.63) is 0 Å². The second-order valence-electron chi connectivity index (χ2n) is 3.58. The van der Waals surface area contributed by atoms with Gasteiger partial charge in [-0.3, -0.25) is 4.79 Å². The van der Waals surface area contributed by atoms with Gasteiger partial charge in [0, 0.05) is 6.54 Å². The molecule has 0 radical (unpaired) electrons. The van der Waals surface area contributed by atoms with Crippen molar-refractivity contribution in [2.75, 3.05) is 13.1 Å². The van der Waals surface area contributed by atoms with Gasteiger partial charge in [-0.2, -0.15) is 0 Å². The summed E-state index contributed by atoms with van der Waals surface area (Å²) in [4.78, 5) is 11.5. The molecule has 0 bridgehead atoms. The lowest BCUT2D eigenvalue weighted by Crippen LogP contribution is -2.56. The quantitative estimate of drug-likeness (QED) is 0.639. The summed E-state index contributed by atoms with van der Waals surface area (Å²) < 4.78 is 0. The molecule has 0 spiro atoms. The van der Waals surface area contributed by atoms with Crippen LogP contribution in [0.5, 0.6) is 0 Å². The van der Waals surface area contributed by atoms with Gasteiger partial charge in [-0.25, -0.2) is 0 Å². The normalized spacial score (nSPS) is 29.8. The Morgan fingerprint density at radius 2 is 2.33 bits per heavy atom. The Kier molecular flexibility index (Phi) is 3.09. The molecule has 0 saturated carbocycles. The lowest BCUT2D eigenvalue weighted by molar-refractivity contribution is -0.127. The van der Waals surface area contributed by atoms with Crippen LogP contribution < -0.4 is 10.6 Å². The third kappa shape index (κ3) is 1.97. The number of amides is 1. The number of carbonyl (C=O) groups is 1. The van der Waals surface area contributed by atoms with E-state index in [9.17, 15) is 4.79 Å². The van der Waals surface area contributed by atoms with Gasteiger partial charge in [0.2, 0.25) is 5.91 Å². The Bertz CT molecular complexity index is 162. The Balaban J connectivity index is 2.50. The highest BCUT2D eigenvalue weighted by atomic mass is 16.2. The maximum atomic E-state index is 11.5. The zero-order valence-corrected chi connectivity index (χ0v) is 7.94. The molecule has 1 aliphatic rings. The molecule has 1 aliphatic heterocycles. The molecule has 0 aromatic carbocycles. The van der Waals surface area contributed by atoms with E-state index >= 15 is 0 Å². The van der Waals surface area contributed by atoms with Crippen molar-refractivity contribution >= 4 is 5.91 Å². The van der Waals surface area contributed by atoms with Gasteiger partial charge >= 0.3 is 0 Å². The number of carbonyl (C=O) groups excluding carboxylic acids is 1. The number of piperidine rings is 1. The summed E-state index contributed by atoms with van der Waals surface area (Å²) in [5, 5.41) is 6.12. The lowest BCUT2D eigenvalue weighted by Gasteiger charge is -2.33. The Hall–Kier alpha value is -0.570. The first-order chi connectivity index (χ1) is 5.69. The Labute approximate surface area is 73.9 Å². The van der Waals surface area contributed by atoms with Crippen LogP contribution in [0, 0.1) is 0 Å². The zero-order valence-electron chi connectivity index (χ0n) is 7.94. The van der Waals surface area contributed by atoms with Gasteiger partial charge in [0.25, 0.3) is 0 Å². The van der Waals surface area contributed by atoms with Crippen molar-refractivity contribution in [2.24, 2.45) is 0 Å². The second-order valence-corrected chi connectivity index (χ2v) is 3.58. The largest absolute Gasteiger partial charge is 0.355 e. The topological polar surface area (TPSA) is 41.1 Å². The van der Waals surface area contributed by atoms with Crippen molar-refractivity contribution in [1.82, 2.24) is 10.6 Å². The summed E-state index contributed by atoms with van der Waals surface area (Å²) in [6.07, 6.45) is 3.30. The monoisotopic (exact) mass is 170 g/mol. The lowest BCUT2D eigenvalue weighted by atomic mass is 9.90. The predicted octanol–water partition coefficient (Wildman–Crippen LogP) is 0.655. The molecule has 2 N–H and O–H groups in total. The van der Waals surface area contributed by atoms with Gasteiger partial charge in [-0.15, -0.1) is 0 Å². The van der Waals surface area contributed by atoms with Crippen LogP contribution in [-0.2, 0) is 4.79 Å². The summed E-state index contributed by atoms with van der Waals surface area (Å²) in [6.45, 7) is 5.62. The molecule has 1 fully saturated rings. The highest BCUT2D eigenvalue weighted by molar-refractivity contribution is 5.85. The van der Waals surface area contributed by atoms with Gasteiger partial charge in [0.15, 0.2) is 0 Å². The molecule has 70 valence electrons. The summed E-state index contributed by atoms with van der Waals surface area (Å²) in [6, 6.07) is 0. The number of hydrogen-bond acceptors (Lipinski definition) is 2. The van der Waals surface area contributed by atoms with E-state index < -0.39 is 0 Å². The van der Waals surface area contributed by atoms with E-state index in [-0.39, 0.29) is 11.4 Å². The molecule has 12 heavy (non-hydrogen) atoms. The van der Waals surface area contributed by atoms with E-state index in [1.54, 1.807) is 0 Å². The fraction of sp³-hybridized carbons (Fsp3) is 0.889. The number of nitrogens with one attached hydrogen (secondary N) is 2. The molecular weight excluding hydrogens is 152 g/mol. The third-order valence-corrected chi connectivity index (χ3v) is 2.46. The first-order valence-corrected chi connectivity index (χ1v) is 4.72. The smallest absolute Gasteiger partial charge is 0.240 e. The van der Waals surface area contributed by atoms with Gasteiger partial charge < -0.3 is 10.6 Å². The number of hydrogen-bond donors (Lipinski definition) is 2. The van der Waals surface area contributed by atoms with Gasteiger partial charge in [0.05, 0.1) is 5.54 Å². The van der Waals surface area contributed by atoms with Crippen LogP contribution in [0.15, 0.2) is 0 Å². The third-order valence-electron chi connectivity index (χ3n) is 2.46. The molecule has 1 unspecified atom stereocenters. The summed E-state index contributed by atoms with van der Waals surface area (Å²) in [5.41, 5.74) is -0.311. The molecule has 1 heterocycles. The van der Waals surface area contributed by atoms with Crippen LogP contribution in [-0.4, -0.2) is 24.5 Å². The first-order valence-electron chi connectivity index (χ1n) is 4.72. The molecule has 3 nitrogen and oxygen atoms in total. The minimum Gasteiger partial charge on any atom is -0.355 e. The van der Waals surface area contributed by atoms with Crippen molar-refractivity contribution in [3.8, 4) is 0 Å². The summed E-state index contributed by atoms with van der Waals surface area (Å²) >= 11 is 0. The van der Waals surface area contributed by atoms with Crippen molar-refractivity contribution in [3.63, 3.8) is 0 Å². The maximum Gasteiger partial charge on any atom is 0.240 e. The molecule has 0 aromatic heterocycles. The van der Waals surface area contributed by atoms with Crippen LogP contribution in [0.25, 0.3) is 0 Å². The molecule has 1 saturated heterocycles. The minimum absolute atomic E-state index is 0.143. The van der Waals surface area contributed by atoms with E-state index in [4.69, 9.17) is 0 Å². The van der Waals surface area contributed by atoms with Gasteiger partial charge in [-0.1, -0.05) is 0 Å². The SMILES string of the molecule is CCNC(=O)C1(C)CCCCN1. The van der Waals surface area contributed by atoms with E-state index in [0.29, 0.717) is 0 Å². The molecule has 1 rings (SSSR count). The van der Waals surface area contributed by atoms with Crippen LogP contribution >= 0.6 is 0 Å². The maximum absolute atomic E-state index is 11.5. The van der Waals surface area contributed by atoms with E-state index in [0.717, 1.165) is 25.9 Å². The van der Waals surface area contributed by atoms with E-state index in [1.807, 2.05) is 13.8 Å². The van der Waals surface area contributed by atoms with Gasteiger partial charge in [0.1, 0.15) is 0 Å². The van der Waals surface area contributed by atoms with E-state index in [1.165, 1.54) is 6.42 Å². The van der Waals surface area contributed by atoms with Crippen molar-refractivity contribution < 1.29 is 4.79 Å². The Morgan fingerprint density at radius 3 is 2.83 bits per heavy atom. The van der Waals surface area contributed by atoms with Crippen molar-refractivity contribution in [1.29, 1.82) is 0 Å². The molecule has 1 atom stereocenters. The number of rotatable bonds is 2. The second kappa shape index (κ2) is 3.90. The molecule has 0 aliphatic carbocycles. The Morgan fingerprint density at radius 1 is 1.58 bits per heavy atom. The standard InChI is InChI=1S/C9H18N2O/c1-3-10-8(12)9(2)6-4-5-7-11-9/h11H,3-7H2,1-2H3,(H,10,12). The molecular formula is C9H18N2O. The molecule has 0 aromatic rings. The van der Waals surface area contributed by atoms with Crippen LogP contribution in [0.4, 0.5) is 0 Å². The number of likely N-dealkylation sites (N-methyl/N-ethyl adjacent to an activating group) is 1. The summed E-state index contributed by atoms with van der Waals surface area (Å²) in [7, 11) is 0. The fourth-order valence-electron chi connectivity index (χ4n) is 1.61. The summed E-state index contributed by atoms with van der Waals surface area (Å²) in [5.74, 6) is 0.143. The average Bonchev–Trinajstić information content (AvgIpc) is 2.06. The van der Waals surface area contributed by atoms with Crippen molar-refractivity contribution in [2.45, 2.75) is 38.6 Å². The van der Waals surface area contributed by atoms with Crippen LogP contribution in [0.2, 0.25) is 0 Å². The molecule has 3 heteroatoms. The average molecular weight is 170 g/mol. The molecule has 1 amide bonds. The minimum atomic E-state index is -0.311. The highest BCUT2D eigenvalue weighted by Gasteiger charge is 2.33. The van der Waals surface area contributed by atoms with Crippen LogP contribution in [0.3, 0.4) is 0 Å². The highest BCUT2D eigenvalue weighted by Crippen LogP contribution is 2.18. The first kappa shape index (κ1) is 9.52. The predicted molar refractivity (Wildman–Crippen MR) is 48.9 cm³/mol. The van der Waals surface area contributed by atoms with Crippen LogP contribution in [0.1, 0.15) is 33.1 Å². The van der Waals surface area contributed by atoms with Gasteiger partial charge in [-0.05, 0) is 39.7 Å². The zero-order chi connectivity index (χ0) is 9.03.